The third-order valence-electron chi connectivity index (χ3n) is 9.79. The smallest absolute Gasteiger partial charge is 0.224 e. The van der Waals surface area contributed by atoms with Gasteiger partial charge in [0.1, 0.15) is 17.9 Å². The number of halogens is 2. The first-order valence-corrected chi connectivity index (χ1v) is 15.7. The molecular weight excluding hydrogens is 543 g/mol. The van der Waals surface area contributed by atoms with Gasteiger partial charge < -0.3 is 19.3 Å². The molecule has 5 rings (SSSR count). The lowest BCUT2D eigenvalue weighted by atomic mass is 9.54. The molecule has 2 aromatic carbocycles. The Balaban J connectivity index is 1.45. The summed E-state index contributed by atoms with van der Waals surface area (Å²) in [5, 5.41) is 4.36. The molecule has 218 valence electrons. The number of fused-ring (bicyclic) bond motifs is 1. The molecule has 3 aliphatic rings. The van der Waals surface area contributed by atoms with Crippen LogP contribution in [0.2, 0.25) is 10.0 Å². The number of carbonyl (C=O) groups is 1. The number of likely N-dealkylation sites (tertiary alicyclic amines) is 1. The molecule has 1 saturated heterocycles. The number of hydrogen-bond donors (Lipinski definition) is 1. The van der Waals surface area contributed by atoms with Gasteiger partial charge in [0.05, 0.1) is 43.2 Å². The molecule has 2 aromatic rings. The van der Waals surface area contributed by atoms with Crippen molar-refractivity contribution in [2.45, 2.75) is 75.9 Å². The van der Waals surface area contributed by atoms with Crippen LogP contribution in [0.3, 0.4) is 0 Å². The first kappa shape index (κ1) is 29.7. The molecule has 1 heterocycles. The van der Waals surface area contributed by atoms with Gasteiger partial charge in [-0.25, -0.2) is 0 Å². The van der Waals surface area contributed by atoms with Crippen molar-refractivity contribution in [2.24, 2.45) is 11.8 Å². The van der Waals surface area contributed by atoms with E-state index in [1.165, 1.54) is 31.5 Å². The Labute approximate surface area is 250 Å². The van der Waals surface area contributed by atoms with E-state index in [0.717, 1.165) is 60.5 Å². The van der Waals surface area contributed by atoms with Crippen LogP contribution < -0.4 is 10.1 Å². The van der Waals surface area contributed by atoms with Crippen LogP contribution in [0.4, 0.5) is 0 Å². The molecule has 0 bridgehead atoms. The highest BCUT2D eigenvalue weighted by Gasteiger charge is 2.64. The van der Waals surface area contributed by atoms with Crippen molar-refractivity contribution in [3.05, 3.63) is 63.6 Å². The summed E-state index contributed by atoms with van der Waals surface area (Å²) >= 11 is 12.3. The van der Waals surface area contributed by atoms with Crippen molar-refractivity contribution in [2.75, 3.05) is 40.4 Å². The summed E-state index contributed by atoms with van der Waals surface area (Å²) in [6.07, 6.45) is 6.72. The molecule has 0 aromatic heterocycles. The third-order valence-corrected chi connectivity index (χ3v) is 10.5. The highest BCUT2D eigenvalue weighted by Crippen LogP contribution is 2.56. The molecule has 0 radical (unpaired) electrons. The van der Waals surface area contributed by atoms with Crippen LogP contribution in [0.1, 0.15) is 63.5 Å². The van der Waals surface area contributed by atoms with E-state index < -0.39 is 0 Å². The number of nitrogens with one attached hydrogen (secondary N) is 1. The first-order valence-electron chi connectivity index (χ1n) is 14.9. The first-order chi connectivity index (χ1) is 19.1. The van der Waals surface area contributed by atoms with E-state index in [2.05, 4.69) is 37.4 Å². The lowest BCUT2D eigenvalue weighted by Crippen LogP contribution is -2.73. The number of amides is 1. The summed E-state index contributed by atoms with van der Waals surface area (Å²) < 4.78 is 13.6. The maximum absolute atomic E-state index is 13.2. The van der Waals surface area contributed by atoms with Crippen molar-refractivity contribution in [1.82, 2.24) is 5.32 Å². The van der Waals surface area contributed by atoms with Gasteiger partial charge in [0, 0.05) is 36.8 Å². The maximum Gasteiger partial charge on any atom is 0.224 e. The summed E-state index contributed by atoms with van der Waals surface area (Å²) in [6.45, 7) is 9.34. The van der Waals surface area contributed by atoms with E-state index in [9.17, 15) is 4.79 Å². The van der Waals surface area contributed by atoms with Crippen molar-refractivity contribution in [3.63, 3.8) is 0 Å². The Kier molecular flexibility index (Phi) is 8.78. The largest absolute Gasteiger partial charge is 0.497 e. The number of ether oxygens (including phenoxy) is 2. The van der Waals surface area contributed by atoms with Gasteiger partial charge in [-0.15, -0.1) is 0 Å². The van der Waals surface area contributed by atoms with Gasteiger partial charge in [0.15, 0.2) is 0 Å². The Hall–Kier alpha value is -1.79. The normalized spacial score (nSPS) is 30.1. The molecule has 40 heavy (non-hydrogen) atoms. The number of benzene rings is 2. The Bertz CT molecular complexity index is 1210. The Morgan fingerprint density at radius 3 is 2.55 bits per heavy atom. The number of rotatable bonds is 10. The van der Waals surface area contributed by atoms with Crippen molar-refractivity contribution < 1.29 is 18.8 Å². The number of carbonyl (C=O) groups excluding carboxylic acids is 1. The van der Waals surface area contributed by atoms with Gasteiger partial charge in [0.25, 0.3) is 0 Å². The van der Waals surface area contributed by atoms with E-state index in [4.69, 9.17) is 32.7 Å². The van der Waals surface area contributed by atoms with E-state index in [0.29, 0.717) is 16.0 Å². The van der Waals surface area contributed by atoms with E-state index in [1.54, 1.807) is 19.2 Å². The predicted octanol–water partition coefficient (Wildman–Crippen LogP) is 6.82. The van der Waals surface area contributed by atoms with Gasteiger partial charge in [-0.05, 0) is 67.5 Å². The zero-order valence-corrected chi connectivity index (χ0v) is 26.0. The van der Waals surface area contributed by atoms with E-state index in [1.807, 2.05) is 19.2 Å². The number of piperidine rings is 1. The second-order valence-electron chi connectivity index (χ2n) is 13.1. The molecule has 2 saturated carbocycles. The lowest BCUT2D eigenvalue weighted by molar-refractivity contribution is -0.945. The van der Waals surface area contributed by atoms with Crippen LogP contribution in [0.25, 0.3) is 0 Å². The van der Waals surface area contributed by atoms with Crippen LogP contribution in [0.5, 0.6) is 5.75 Å². The molecule has 1 N–H and O–H groups in total. The highest BCUT2D eigenvalue weighted by atomic mass is 35.5. The SMILES string of the molecule is COc1cccc([C@]23CC[N@+](CC(C)C)(CC4CC4)CC2(OC)CC[C@H](NC(=O)Cc2ccc(Cl)c(Cl)c2)C3)c1. The highest BCUT2D eigenvalue weighted by molar-refractivity contribution is 6.42. The molecule has 2 aliphatic carbocycles. The minimum Gasteiger partial charge on any atom is -0.497 e. The minimum absolute atomic E-state index is 0.0172. The van der Waals surface area contributed by atoms with Gasteiger partial charge >= 0.3 is 0 Å². The van der Waals surface area contributed by atoms with E-state index in [-0.39, 0.29) is 29.4 Å². The number of methoxy groups -OCH3 is 2. The third kappa shape index (κ3) is 6.04. The second-order valence-corrected chi connectivity index (χ2v) is 13.9. The Morgan fingerprint density at radius 1 is 1.07 bits per heavy atom. The molecule has 0 spiro atoms. The fourth-order valence-electron chi connectivity index (χ4n) is 8.02. The fourth-order valence-corrected chi connectivity index (χ4v) is 8.34. The number of nitrogens with zero attached hydrogens (tertiary/aromatic N) is 1. The predicted molar refractivity (Wildman–Crippen MR) is 162 cm³/mol. The zero-order chi connectivity index (χ0) is 28.5. The van der Waals surface area contributed by atoms with Crippen molar-refractivity contribution >= 4 is 29.1 Å². The van der Waals surface area contributed by atoms with Gasteiger partial charge in [0.2, 0.25) is 5.91 Å². The molecule has 3 fully saturated rings. The molecular formula is C33H45Cl2N2O3+. The zero-order valence-electron chi connectivity index (χ0n) is 24.5. The van der Waals surface area contributed by atoms with Crippen LogP contribution >= 0.6 is 23.2 Å². The Morgan fingerprint density at radius 2 is 1.88 bits per heavy atom. The topological polar surface area (TPSA) is 47.6 Å². The maximum atomic E-state index is 13.2. The van der Waals surface area contributed by atoms with Gasteiger partial charge in [-0.2, -0.15) is 0 Å². The summed E-state index contributed by atoms with van der Waals surface area (Å²) in [4.78, 5) is 13.2. The van der Waals surface area contributed by atoms with Crippen molar-refractivity contribution in [1.29, 1.82) is 0 Å². The standard InChI is InChI=1S/C33H44Cl2N2O3/c1-23(2)20-37(21-24-8-9-24)15-14-32(26-6-5-7-28(18-26)39-3)19-27(12-13-33(32,22-37)40-4)36-31(38)17-25-10-11-29(34)30(35)16-25/h5-7,10-11,16,18,23-24,27H,8-9,12-15,17,19-22H2,1-4H3/p+1/t27-,32+,33?,37-/m0/s1. The van der Waals surface area contributed by atoms with Crippen molar-refractivity contribution in [3.8, 4) is 5.75 Å². The summed E-state index contributed by atoms with van der Waals surface area (Å²) in [7, 11) is 3.65. The van der Waals surface area contributed by atoms with Crippen LogP contribution in [0.15, 0.2) is 42.5 Å². The van der Waals surface area contributed by atoms with Crippen LogP contribution in [-0.4, -0.2) is 62.4 Å². The van der Waals surface area contributed by atoms with Crippen LogP contribution in [0, 0.1) is 11.8 Å². The van der Waals surface area contributed by atoms with Gasteiger partial charge in [-0.1, -0.05) is 55.2 Å². The number of quaternary nitrogens is 1. The average Bonchev–Trinajstić information content (AvgIpc) is 3.74. The molecule has 1 aliphatic heterocycles. The minimum atomic E-state index is -0.299. The molecule has 4 atom stereocenters. The lowest BCUT2D eigenvalue weighted by Gasteiger charge is -2.62. The molecule has 5 nitrogen and oxygen atoms in total. The van der Waals surface area contributed by atoms with Gasteiger partial charge in [-0.3, -0.25) is 4.79 Å². The molecule has 1 unspecified atom stereocenters. The average molecular weight is 589 g/mol. The van der Waals surface area contributed by atoms with Crippen LogP contribution in [-0.2, 0) is 21.4 Å². The molecule has 1 amide bonds. The summed E-state index contributed by atoms with van der Waals surface area (Å²) in [6, 6.07) is 14.0. The molecule has 7 heteroatoms. The quantitative estimate of drug-likeness (QED) is 0.310. The van der Waals surface area contributed by atoms with E-state index >= 15 is 0 Å². The monoisotopic (exact) mass is 587 g/mol. The number of hydrogen-bond acceptors (Lipinski definition) is 3. The fraction of sp³-hybridized carbons (Fsp3) is 0.606. The summed E-state index contributed by atoms with van der Waals surface area (Å²) in [5.74, 6) is 2.38. The second kappa shape index (κ2) is 11.8. The summed E-state index contributed by atoms with van der Waals surface area (Å²) in [5.41, 5.74) is 1.63.